The van der Waals surface area contributed by atoms with E-state index in [-0.39, 0.29) is 16.3 Å². The zero-order valence-corrected chi connectivity index (χ0v) is 16.1. The lowest BCUT2D eigenvalue weighted by Gasteiger charge is -2.17. The maximum atomic E-state index is 12.2. The number of nitriles is 1. The molecule has 2 aromatic rings. The molecule has 0 fully saturated rings. The number of rotatable bonds is 4. The van der Waals surface area contributed by atoms with Crippen LogP contribution in [-0.4, -0.2) is 23.6 Å². The first-order chi connectivity index (χ1) is 12.9. The van der Waals surface area contributed by atoms with Crippen molar-refractivity contribution in [2.75, 3.05) is 11.9 Å². The van der Waals surface area contributed by atoms with Crippen molar-refractivity contribution in [2.45, 2.75) is 26.2 Å². The Hall–Kier alpha value is -2.56. The maximum Gasteiger partial charge on any atom is 0.342 e. The molecule has 6 nitrogen and oxygen atoms in total. The number of ether oxygens (including phenoxy) is 1. The van der Waals surface area contributed by atoms with Crippen LogP contribution in [0.15, 0.2) is 18.2 Å². The largest absolute Gasteiger partial charge is 0.507 e. The molecule has 0 saturated carbocycles. The number of phenolic OH excluding ortho intramolecular Hbond substituents is 1. The van der Waals surface area contributed by atoms with Gasteiger partial charge in [-0.05, 0) is 48.9 Å². The fourth-order valence-corrected chi connectivity index (χ4v) is 4.55. The lowest BCUT2D eigenvalue weighted by Crippen LogP contribution is -2.21. The Kier molecular flexibility index (Phi) is 5.68. The average molecular weight is 405 g/mol. The number of carbonyl (C=O) groups is 2. The van der Waals surface area contributed by atoms with Gasteiger partial charge in [-0.1, -0.05) is 18.5 Å². The maximum absolute atomic E-state index is 12.2. The first-order valence-electron chi connectivity index (χ1n) is 8.39. The van der Waals surface area contributed by atoms with Crippen LogP contribution >= 0.6 is 22.9 Å². The zero-order valence-electron chi connectivity index (χ0n) is 14.5. The van der Waals surface area contributed by atoms with Gasteiger partial charge in [-0.3, -0.25) is 4.79 Å². The van der Waals surface area contributed by atoms with Crippen LogP contribution in [0.2, 0.25) is 5.02 Å². The number of hydrogen-bond acceptors (Lipinski definition) is 6. The van der Waals surface area contributed by atoms with Crippen LogP contribution in [0, 0.1) is 17.2 Å². The van der Waals surface area contributed by atoms with E-state index in [2.05, 4.69) is 18.3 Å². The van der Waals surface area contributed by atoms with Crippen LogP contribution in [0.25, 0.3) is 0 Å². The van der Waals surface area contributed by atoms with Crippen molar-refractivity contribution in [1.29, 1.82) is 5.26 Å². The lowest BCUT2D eigenvalue weighted by atomic mass is 9.89. The molecule has 1 atom stereocenters. The van der Waals surface area contributed by atoms with E-state index in [0.717, 1.165) is 29.7 Å². The molecular formula is C19H17ClN2O4S. The van der Waals surface area contributed by atoms with Crippen LogP contribution in [-0.2, 0) is 22.4 Å². The average Bonchev–Trinajstić information content (AvgIpc) is 2.95. The van der Waals surface area contributed by atoms with Gasteiger partial charge >= 0.3 is 5.97 Å². The number of esters is 1. The SMILES string of the molecule is C[C@@H]1CCc2c(sc(NC(=O)COC(=O)c3ccc(Cl)cc3O)c2C#N)C1. The molecule has 1 aromatic carbocycles. The Morgan fingerprint density at radius 1 is 1.48 bits per heavy atom. The van der Waals surface area contributed by atoms with Crippen LogP contribution in [0.5, 0.6) is 5.75 Å². The smallest absolute Gasteiger partial charge is 0.342 e. The molecule has 1 aliphatic carbocycles. The van der Waals surface area contributed by atoms with Gasteiger partial charge in [0.1, 0.15) is 22.4 Å². The van der Waals surface area contributed by atoms with E-state index in [0.29, 0.717) is 16.5 Å². The van der Waals surface area contributed by atoms with E-state index in [1.165, 1.54) is 29.5 Å². The van der Waals surface area contributed by atoms with Crippen LogP contribution in [0.3, 0.4) is 0 Å². The molecule has 0 spiro atoms. The number of hydrogen-bond donors (Lipinski definition) is 2. The number of thiophene rings is 1. The Labute approximate surface area is 165 Å². The minimum Gasteiger partial charge on any atom is -0.507 e. The number of anilines is 1. The normalized spacial score (nSPS) is 15.5. The highest BCUT2D eigenvalue weighted by molar-refractivity contribution is 7.16. The summed E-state index contributed by atoms with van der Waals surface area (Å²) in [4.78, 5) is 25.3. The van der Waals surface area contributed by atoms with Gasteiger partial charge in [0.25, 0.3) is 5.91 Å². The standard InChI is InChI=1S/C19H17ClN2O4S/c1-10-2-4-12-14(8-21)18(27-16(12)6-10)22-17(24)9-26-19(25)13-5-3-11(20)7-15(13)23/h3,5,7,10,23H,2,4,6,9H2,1H3,(H,22,24)/t10-/m1/s1. The summed E-state index contributed by atoms with van der Waals surface area (Å²) in [6.07, 6.45) is 2.75. The Morgan fingerprint density at radius 2 is 2.26 bits per heavy atom. The van der Waals surface area contributed by atoms with Crippen LogP contribution in [0.4, 0.5) is 5.00 Å². The predicted molar refractivity (Wildman–Crippen MR) is 102 cm³/mol. The summed E-state index contributed by atoms with van der Waals surface area (Å²) in [5.74, 6) is -1.14. The van der Waals surface area contributed by atoms with E-state index in [9.17, 15) is 20.0 Å². The van der Waals surface area contributed by atoms with E-state index < -0.39 is 18.5 Å². The molecule has 8 heteroatoms. The van der Waals surface area contributed by atoms with E-state index in [1.807, 2.05) is 0 Å². The molecule has 1 heterocycles. The second-order valence-corrected chi connectivity index (χ2v) is 8.00. The molecule has 1 aromatic heterocycles. The molecule has 27 heavy (non-hydrogen) atoms. The molecule has 1 aliphatic rings. The summed E-state index contributed by atoms with van der Waals surface area (Å²) < 4.78 is 4.94. The van der Waals surface area contributed by atoms with Crippen molar-refractivity contribution in [3.63, 3.8) is 0 Å². The first-order valence-corrected chi connectivity index (χ1v) is 9.58. The van der Waals surface area contributed by atoms with Crippen molar-refractivity contribution in [3.05, 3.63) is 44.8 Å². The third-order valence-corrected chi connectivity index (χ3v) is 5.80. The molecule has 0 bridgehead atoms. The summed E-state index contributed by atoms with van der Waals surface area (Å²) in [5.41, 5.74) is 1.43. The van der Waals surface area contributed by atoms with Gasteiger partial charge in [0, 0.05) is 9.90 Å². The van der Waals surface area contributed by atoms with Crippen molar-refractivity contribution >= 4 is 39.8 Å². The minimum absolute atomic E-state index is 0.0783. The fourth-order valence-electron chi connectivity index (χ4n) is 3.01. The lowest BCUT2D eigenvalue weighted by molar-refractivity contribution is -0.119. The predicted octanol–water partition coefficient (Wildman–Crippen LogP) is 3.90. The second-order valence-electron chi connectivity index (χ2n) is 6.45. The molecule has 0 aliphatic heterocycles. The van der Waals surface area contributed by atoms with Gasteiger partial charge in [0.15, 0.2) is 6.61 Å². The number of nitrogens with one attached hydrogen (secondary N) is 1. The molecular weight excluding hydrogens is 388 g/mol. The van der Waals surface area contributed by atoms with Gasteiger partial charge in [-0.25, -0.2) is 4.79 Å². The summed E-state index contributed by atoms with van der Waals surface area (Å²) in [7, 11) is 0. The number of fused-ring (bicyclic) bond motifs is 1. The molecule has 140 valence electrons. The van der Waals surface area contributed by atoms with Gasteiger partial charge in [-0.2, -0.15) is 5.26 Å². The molecule has 1 amide bonds. The highest BCUT2D eigenvalue weighted by Crippen LogP contribution is 2.39. The van der Waals surface area contributed by atoms with E-state index in [4.69, 9.17) is 16.3 Å². The van der Waals surface area contributed by atoms with Crippen molar-refractivity contribution < 1.29 is 19.4 Å². The number of carbonyl (C=O) groups excluding carboxylic acids is 2. The highest BCUT2D eigenvalue weighted by Gasteiger charge is 2.25. The summed E-state index contributed by atoms with van der Waals surface area (Å²) >= 11 is 7.12. The van der Waals surface area contributed by atoms with E-state index >= 15 is 0 Å². The number of nitrogens with zero attached hydrogens (tertiary/aromatic N) is 1. The number of amides is 1. The first kappa shape index (κ1) is 19.2. The quantitative estimate of drug-likeness (QED) is 0.753. The second kappa shape index (κ2) is 7.99. The Balaban J connectivity index is 1.65. The third kappa shape index (κ3) is 4.24. The summed E-state index contributed by atoms with van der Waals surface area (Å²) in [5, 5.41) is 22.6. The van der Waals surface area contributed by atoms with Crippen molar-refractivity contribution in [2.24, 2.45) is 5.92 Å². The Morgan fingerprint density at radius 3 is 2.96 bits per heavy atom. The van der Waals surface area contributed by atoms with Crippen molar-refractivity contribution in [3.8, 4) is 11.8 Å². The highest BCUT2D eigenvalue weighted by atomic mass is 35.5. The minimum atomic E-state index is -0.834. The van der Waals surface area contributed by atoms with Gasteiger partial charge < -0.3 is 15.2 Å². The summed E-state index contributed by atoms with van der Waals surface area (Å²) in [6, 6.07) is 6.15. The third-order valence-electron chi connectivity index (χ3n) is 4.39. The number of phenols is 1. The zero-order chi connectivity index (χ0) is 19.6. The molecule has 0 radical (unpaired) electrons. The summed E-state index contributed by atoms with van der Waals surface area (Å²) in [6.45, 7) is 1.64. The molecule has 0 unspecified atom stereocenters. The molecule has 3 rings (SSSR count). The van der Waals surface area contributed by atoms with Gasteiger partial charge in [-0.15, -0.1) is 11.3 Å². The van der Waals surface area contributed by atoms with Crippen molar-refractivity contribution in [1.82, 2.24) is 0 Å². The monoisotopic (exact) mass is 404 g/mol. The number of benzene rings is 1. The number of halogens is 1. The van der Waals surface area contributed by atoms with Crippen LogP contribution in [0.1, 0.15) is 39.7 Å². The van der Waals surface area contributed by atoms with Gasteiger partial charge in [0.2, 0.25) is 0 Å². The molecule has 0 saturated heterocycles. The van der Waals surface area contributed by atoms with Crippen LogP contribution < -0.4 is 5.32 Å². The number of aromatic hydroxyl groups is 1. The molecule has 2 N–H and O–H groups in total. The Bertz CT molecular complexity index is 948. The fraction of sp³-hybridized carbons (Fsp3) is 0.316. The topological polar surface area (TPSA) is 99.4 Å². The van der Waals surface area contributed by atoms with Gasteiger partial charge in [0.05, 0.1) is 5.56 Å². The van der Waals surface area contributed by atoms with E-state index in [1.54, 1.807) is 0 Å².